The third-order valence-electron chi connectivity index (χ3n) is 2.54. The highest BCUT2D eigenvalue weighted by Gasteiger charge is 2.20. The number of rotatable bonds is 5. The molecule has 0 aromatic carbocycles. The number of nitrogens with two attached hydrogens (primary N) is 1. The van der Waals surface area contributed by atoms with Crippen molar-refractivity contribution in [2.45, 2.75) is 13.8 Å². The third-order valence-corrected chi connectivity index (χ3v) is 2.54. The van der Waals surface area contributed by atoms with Crippen molar-refractivity contribution < 1.29 is 9.59 Å². The Morgan fingerprint density at radius 2 is 1.94 bits per heavy atom. The molecule has 1 rings (SSSR count). The van der Waals surface area contributed by atoms with Crippen LogP contribution in [0.15, 0.2) is 0 Å². The second-order valence-electron chi connectivity index (χ2n) is 3.77. The summed E-state index contributed by atoms with van der Waals surface area (Å²) in [5.41, 5.74) is 5.31. The minimum atomic E-state index is -0.417. The number of anilines is 1. The summed E-state index contributed by atoms with van der Waals surface area (Å²) in [6.45, 7) is 5.01. The molecule has 0 fully saturated rings. The van der Waals surface area contributed by atoms with Gasteiger partial charge in [-0.2, -0.15) is 4.98 Å². The molecule has 8 nitrogen and oxygen atoms in total. The number of H-pyrrole nitrogens is 1. The first-order valence-corrected chi connectivity index (χ1v) is 5.70. The van der Waals surface area contributed by atoms with E-state index >= 15 is 0 Å². The second kappa shape index (κ2) is 5.99. The van der Waals surface area contributed by atoms with E-state index in [-0.39, 0.29) is 24.2 Å². The maximum absolute atomic E-state index is 11.9. The van der Waals surface area contributed by atoms with Gasteiger partial charge in [-0.1, -0.05) is 0 Å². The number of amides is 2. The van der Waals surface area contributed by atoms with Crippen LogP contribution in [0.3, 0.4) is 0 Å². The van der Waals surface area contributed by atoms with Crippen LogP contribution in [0.4, 0.5) is 5.95 Å². The Morgan fingerprint density at radius 1 is 1.33 bits per heavy atom. The zero-order valence-electron chi connectivity index (χ0n) is 10.8. The van der Waals surface area contributed by atoms with Gasteiger partial charge in [-0.25, -0.2) is 0 Å². The largest absolute Gasteiger partial charge is 0.366 e. The molecule has 8 heteroatoms. The summed E-state index contributed by atoms with van der Waals surface area (Å²) >= 11 is 0. The van der Waals surface area contributed by atoms with Gasteiger partial charge in [0, 0.05) is 20.1 Å². The zero-order chi connectivity index (χ0) is 13.7. The summed E-state index contributed by atoms with van der Waals surface area (Å²) in [5.74, 6) is -0.493. The highest BCUT2D eigenvalue weighted by Crippen LogP contribution is 2.00. The first-order chi connectivity index (χ1) is 8.49. The van der Waals surface area contributed by atoms with E-state index in [2.05, 4.69) is 15.2 Å². The molecular weight excluding hydrogens is 236 g/mol. The van der Waals surface area contributed by atoms with Crippen molar-refractivity contribution in [3.8, 4) is 0 Å². The predicted molar refractivity (Wildman–Crippen MR) is 65.7 cm³/mol. The first-order valence-electron chi connectivity index (χ1n) is 5.70. The summed E-state index contributed by atoms with van der Waals surface area (Å²) in [6.07, 6.45) is 0. The van der Waals surface area contributed by atoms with Crippen LogP contribution < -0.4 is 5.73 Å². The van der Waals surface area contributed by atoms with Crippen LogP contribution in [-0.2, 0) is 4.79 Å². The van der Waals surface area contributed by atoms with E-state index in [4.69, 9.17) is 5.73 Å². The van der Waals surface area contributed by atoms with E-state index in [0.29, 0.717) is 13.1 Å². The molecule has 0 radical (unpaired) electrons. The molecule has 0 bridgehead atoms. The summed E-state index contributed by atoms with van der Waals surface area (Å²) in [5, 5.41) is 5.98. The molecule has 1 heterocycles. The quantitative estimate of drug-likeness (QED) is 0.724. The average molecular weight is 254 g/mol. The molecule has 0 unspecified atom stereocenters. The zero-order valence-corrected chi connectivity index (χ0v) is 10.8. The fraction of sp³-hybridized carbons (Fsp3) is 0.600. The summed E-state index contributed by atoms with van der Waals surface area (Å²) in [4.78, 5) is 30.3. The van der Waals surface area contributed by atoms with Crippen molar-refractivity contribution in [2.75, 3.05) is 32.4 Å². The topological polar surface area (TPSA) is 108 Å². The molecule has 0 saturated carbocycles. The maximum Gasteiger partial charge on any atom is 0.291 e. The van der Waals surface area contributed by atoms with Crippen molar-refractivity contribution in [1.29, 1.82) is 0 Å². The van der Waals surface area contributed by atoms with E-state index in [1.165, 1.54) is 11.9 Å². The van der Waals surface area contributed by atoms with Gasteiger partial charge in [-0.15, -0.1) is 5.10 Å². The number of hydrogen-bond acceptors (Lipinski definition) is 5. The molecular formula is C10H18N6O2. The molecule has 3 N–H and O–H groups in total. The van der Waals surface area contributed by atoms with Gasteiger partial charge in [-0.05, 0) is 13.8 Å². The van der Waals surface area contributed by atoms with Crippen LogP contribution in [0, 0.1) is 0 Å². The number of aromatic amines is 1. The van der Waals surface area contributed by atoms with E-state index < -0.39 is 5.91 Å². The highest BCUT2D eigenvalue weighted by molar-refractivity contribution is 5.93. The van der Waals surface area contributed by atoms with Crippen LogP contribution >= 0.6 is 0 Å². The van der Waals surface area contributed by atoms with Gasteiger partial charge < -0.3 is 15.5 Å². The fourth-order valence-electron chi connectivity index (χ4n) is 1.50. The Balaban J connectivity index is 2.63. The van der Waals surface area contributed by atoms with Crippen LogP contribution in [0.5, 0.6) is 0 Å². The van der Waals surface area contributed by atoms with Gasteiger partial charge in [0.1, 0.15) is 0 Å². The Bertz CT molecular complexity index is 426. The van der Waals surface area contributed by atoms with Crippen LogP contribution in [0.1, 0.15) is 24.5 Å². The van der Waals surface area contributed by atoms with E-state index in [9.17, 15) is 9.59 Å². The van der Waals surface area contributed by atoms with E-state index in [1.807, 2.05) is 13.8 Å². The van der Waals surface area contributed by atoms with Crippen LogP contribution in [-0.4, -0.2) is 63.5 Å². The molecule has 18 heavy (non-hydrogen) atoms. The SMILES string of the molecule is CCN(CC)C(=O)CN(C)C(=O)c1nc(N)n[nH]1. The van der Waals surface area contributed by atoms with Gasteiger partial charge in [0.25, 0.3) is 5.91 Å². The number of carbonyl (C=O) groups excluding carboxylic acids is 2. The Morgan fingerprint density at radius 3 is 2.39 bits per heavy atom. The smallest absolute Gasteiger partial charge is 0.291 e. The van der Waals surface area contributed by atoms with Crippen molar-refractivity contribution in [3.05, 3.63) is 5.82 Å². The van der Waals surface area contributed by atoms with E-state index in [0.717, 1.165) is 0 Å². The van der Waals surface area contributed by atoms with E-state index in [1.54, 1.807) is 4.90 Å². The number of hydrogen-bond donors (Lipinski definition) is 2. The molecule has 0 aliphatic heterocycles. The van der Waals surface area contributed by atoms with Crippen molar-refractivity contribution in [2.24, 2.45) is 0 Å². The number of nitrogen functional groups attached to an aromatic ring is 1. The van der Waals surface area contributed by atoms with Crippen LogP contribution in [0.25, 0.3) is 0 Å². The maximum atomic E-state index is 11.9. The molecule has 0 spiro atoms. The van der Waals surface area contributed by atoms with Crippen molar-refractivity contribution in [1.82, 2.24) is 25.0 Å². The van der Waals surface area contributed by atoms with Gasteiger partial charge in [0.15, 0.2) is 0 Å². The van der Waals surface area contributed by atoms with Gasteiger partial charge in [0.05, 0.1) is 6.54 Å². The molecule has 0 aliphatic carbocycles. The lowest BCUT2D eigenvalue weighted by atomic mass is 10.4. The number of nitrogens with one attached hydrogen (secondary N) is 1. The van der Waals surface area contributed by atoms with Crippen molar-refractivity contribution >= 4 is 17.8 Å². The lowest BCUT2D eigenvalue weighted by Gasteiger charge is -2.22. The number of carbonyl (C=O) groups is 2. The minimum Gasteiger partial charge on any atom is -0.366 e. The molecule has 1 aromatic rings. The first kappa shape index (κ1) is 13.9. The third kappa shape index (κ3) is 3.19. The highest BCUT2D eigenvalue weighted by atomic mass is 16.2. The number of nitrogens with zero attached hydrogens (tertiary/aromatic N) is 4. The molecule has 0 saturated heterocycles. The Hall–Kier alpha value is -2.12. The second-order valence-corrected chi connectivity index (χ2v) is 3.77. The minimum absolute atomic E-state index is 0.00111. The normalized spacial score (nSPS) is 10.2. The predicted octanol–water partition coefficient (Wildman–Crippen LogP) is -0.673. The summed E-state index contributed by atoms with van der Waals surface area (Å²) in [7, 11) is 1.53. The molecule has 2 amide bonds. The van der Waals surface area contributed by atoms with Gasteiger partial charge >= 0.3 is 0 Å². The molecule has 0 atom stereocenters. The number of likely N-dealkylation sites (N-methyl/N-ethyl adjacent to an activating group) is 2. The molecule has 100 valence electrons. The average Bonchev–Trinajstić information content (AvgIpc) is 2.76. The Kier molecular flexibility index (Phi) is 4.64. The number of aromatic nitrogens is 3. The molecule has 1 aromatic heterocycles. The summed E-state index contributed by atoms with van der Waals surface area (Å²) in [6, 6.07) is 0. The Labute approximate surface area is 105 Å². The van der Waals surface area contributed by atoms with Gasteiger partial charge in [-0.3, -0.25) is 14.7 Å². The van der Waals surface area contributed by atoms with Crippen molar-refractivity contribution in [3.63, 3.8) is 0 Å². The van der Waals surface area contributed by atoms with Crippen LogP contribution in [0.2, 0.25) is 0 Å². The lowest BCUT2D eigenvalue weighted by molar-refractivity contribution is -0.131. The summed E-state index contributed by atoms with van der Waals surface area (Å²) < 4.78 is 0. The lowest BCUT2D eigenvalue weighted by Crippen LogP contribution is -2.41. The fourth-order valence-corrected chi connectivity index (χ4v) is 1.50. The van der Waals surface area contributed by atoms with Gasteiger partial charge in [0.2, 0.25) is 17.7 Å². The monoisotopic (exact) mass is 254 g/mol. The molecule has 0 aliphatic rings. The standard InChI is InChI=1S/C10H18N6O2/c1-4-16(5-2)7(17)6-15(3)9(18)8-12-10(11)14-13-8/h4-6H2,1-3H3,(H3,11,12,13,14).